The van der Waals surface area contributed by atoms with Crippen LogP contribution in [0.25, 0.3) is 22.0 Å². The largest absolute Gasteiger partial charge is 0.313 e. The van der Waals surface area contributed by atoms with Crippen LogP contribution in [0.4, 0.5) is 4.39 Å². The van der Waals surface area contributed by atoms with Gasteiger partial charge in [0.2, 0.25) is 0 Å². The van der Waals surface area contributed by atoms with Gasteiger partial charge in [-0.25, -0.2) is 9.37 Å². The van der Waals surface area contributed by atoms with Crippen molar-refractivity contribution in [3.05, 3.63) is 65.0 Å². The van der Waals surface area contributed by atoms with Gasteiger partial charge in [-0.2, -0.15) is 0 Å². The second-order valence-electron chi connectivity index (χ2n) is 3.91. The number of fused-ring (bicyclic) bond motifs is 1. The first kappa shape index (κ1) is 10.7. The third kappa shape index (κ3) is 1.59. The van der Waals surface area contributed by atoms with E-state index < -0.39 is 0 Å². The van der Waals surface area contributed by atoms with Crippen LogP contribution in [0, 0.1) is 5.82 Å². The number of H-pyrrole nitrogens is 1. The van der Waals surface area contributed by atoms with E-state index in [1.165, 1.54) is 12.4 Å². The minimum Gasteiger partial charge on any atom is -0.313 e. The van der Waals surface area contributed by atoms with Crippen LogP contribution in [0.2, 0.25) is 0 Å². The van der Waals surface area contributed by atoms with E-state index >= 15 is 0 Å². The van der Waals surface area contributed by atoms with Gasteiger partial charge in [-0.05, 0) is 17.7 Å². The second-order valence-corrected chi connectivity index (χ2v) is 3.91. The Balaban J connectivity index is 2.44. The van der Waals surface area contributed by atoms with E-state index in [1.807, 2.05) is 0 Å². The first-order chi connectivity index (χ1) is 8.77. The first-order valence-corrected chi connectivity index (χ1v) is 5.48. The Hall–Kier alpha value is -2.49. The molecule has 3 nitrogen and oxygen atoms in total. The highest BCUT2D eigenvalue weighted by molar-refractivity contribution is 5.93. The normalized spacial score (nSPS) is 10.7. The van der Waals surface area contributed by atoms with Crippen molar-refractivity contribution in [2.75, 3.05) is 0 Å². The number of benzene rings is 2. The summed E-state index contributed by atoms with van der Waals surface area (Å²) in [5.41, 5.74) is 1.25. The fourth-order valence-electron chi connectivity index (χ4n) is 2.02. The Morgan fingerprint density at radius 1 is 1.00 bits per heavy atom. The molecule has 3 aromatic rings. The maximum Gasteiger partial charge on any atom is 0.259 e. The quantitative estimate of drug-likeness (QED) is 0.710. The fourth-order valence-corrected chi connectivity index (χ4v) is 2.02. The molecule has 0 aliphatic heterocycles. The summed E-state index contributed by atoms with van der Waals surface area (Å²) in [5, 5.41) is 0.408. The van der Waals surface area contributed by atoms with E-state index in [9.17, 15) is 9.18 Å². The van der Waals surface area contributed by atoms with E-state index in [4.69, 9.17) is 0 Å². The molecule has 0 fully saturated rings. The van der Waals surface area contributed by atoms with E-state index in [0.717, 1.165) is 0 Å². The van der Waals surface area contributed by atoms with Gasteiger partial charge < -0.3 is 4.98 Å². The zero-order valence-electron chi connectivity index (χ0n) is 9.35. The maximum absolute atomic E-state index is 13.8. The van der Waals surface area contributed by atoms with Gasteiger partial charge in [0.1, 0.15) is 5.82 Å². The number of halogens is 1. The average molecular weight is 240 g/mol. The number of rotatable bonds is 1. The lowest BCUT2D eigenvalue weighted by atomic mass is 10.0. The minimum absolute atomic E-state index is 0.265. The SMILES string of the molecule is O=c1[nH]cnc2cccc(-c3ccccc3F)c12. The standard InChI is InChI=1S/C14H9FN2O/c15-11-6-2-1-4-9(11)10-5-3-7-12-13(10)14(18)17-8-16-12/h1-8H,(H,16,17,18). The van der Waals surface area contributed by atoms with Crippen molar-refractivity contribution in [2.45, 2.75) is 0 Å². The molecule has 1 N–H and O–H groups in total. The third-order valence-corrected chi connectivity index (χ3v) is 2.83. The number of aromatic nitrogens is 2. The third-order valence-electron chi connectivity index (χ3n) is 2.83. The zero-order chi connectivity index (χ0) is 12.5. The molecule has 88 valence electrons. The maximum atomic E-state index is 13.8. The Labute approximate surface area is 102 Å². The molecule has 1 aromatic heterocycles. The Morgan fingerprint density at radius 2 is 1.78 bits per heavy atom. The fraction of sp³-hybridized carbons (Fsp3) is 0. The monoisotopic (exact) mass is 240 g/mol. The van der Waals surface area contributed by atoms with Gasteiger partial charge in [-0.3, -0.25) is 4.79 Å². The molecule has 0 unspecified atom stereocenters. The highest BCUT2D eigenvalue weighted by atomic mass is 19.1. The van der Waals surface area contributed by atoms with E-state index in [-0.39, 0.29) is 11.4 Å². The molecule has 0 aliphatic rings. The van der Waals surface area contributed by atoms with Gasteiger partial charge in [-0.1, -0.05) is 30.3 Å². The molecule has 0 spiro atoms. The van der Waals surface area contributed by atoms with Crippen LogP contribution in [0.15, 0.2) is 53.6 Å². The lowest BCUT2D eigenvalue weighted by molar-refractivity contribution is 0.631. The highest BCUT2D eigenvalue weighted by Crippen LogP contribution is 2.27. The Morgan fingerprint density at radius 3 is 2.61 bits per heavy atom. The van der Waals surface area contributed by atoms with Gasteiger partial charge >= 0.3 is 0 Å². The summed E-state index contributed by atoms with van der Waals surface area (Å²) < 4.78 is 13.8. The lowest BCUT2D eigenvalue weighted by Crippen LogP contribution is -2.07. The second kappa shape index (κ2) is 4.07. The minimum atomic E-state index is -0.353. The van der Waals surface area contributed by atoms with E-state index in [2.05, 4.69) is 9.97 Å². The molecule has 0 saturated heterocycles. The Kier molecular flexibility index (Phi) is 2.41. The molecule has 0 bridgehead atoms. The summed E-state index contributed by atoms with van der Waals surface area (Å²) in [6.07, 6.45) is 1.34. The summed E-state index contributed by atoms with van der Waals surface area (Å²) in [7, 11) is 0. The van der Waals surface area contributed by atoms with Gasteiger partial charge in [-0.15, -0.1) is 0 Å². The first-order valence-electron chi connectivity index (χ1n) is 5.48. The average Bonchev–Trinajstić information content (AvgIpc) is 2.39. The topological polar surface area (TPSA) is 45.8 Å². The van der Waals surface area contributed by atoms with E-state index in [0.29, 0.717) is 22.0 Å². The van der Waals surface area contributed by atoms with Crippen LogP contribution in [0.1, 0.15) is 0 Å². The number of nitrogens with zero attached hydrogens (tertiary/aromatic N) is 1. The van der Waals surface area contributed by atoms with Crippen molar-refractivity contribution >= 4 is 10.9 Å². The summed E-state index contributed by atoms with van der Waals surface area (Å²) in [5.74, 6) is -0.353. The van der Waals surface area contributed by atoms with Gasteiger partial charge in [0.05, 0.1) is 17.2 Å². The van der Waals surface area contributed by atoms with Gasteiger partial charge in [0.15, 0.2) is 0 Å². The molecule has 0 saturated carbocycles. The number of hydrogen-bond donors (Lipinski definition) is 1. The van der Waals surface area contributed by atoms with Gasteiger partial charge in [0, 0.05) is 5.56 Å². The predicted octanol–water partition coefficient (Wildman–Crippen LogP) is 2.73. The molecule has 3 rings (SSSR count). The van der Waals surface area contributed by atoms with Crippen molar-refractivity contribution in [1.29, 1.82) is 0 Å². The summed E-state index contributed by atoms with van der Waals surface area (Å²) in [6.45, 7) is 0. The molecule has 0 radical (unpaired) electrons. The smallest absolute Gasteiger partial charge is 0.259 e. The number of nitrogens with one attached hydrogen (secondary N) is 1. The molecule has 2 aromatic carbocycles. The van der Waals surface area contributed by atoms with Gasteiger partial charge in [0.25, 0.3) is 5.56 Å². The molecule has 4 heteroatoms. The van der Waals surface area contributed by atoms with Crippen molar-refractivity contribution < 1.29 is 4.39 Å². The molecule has 0 amide bonds. The zero-order valence-corrected chi connectivity index (χ0v) is 9.35. The molecular formula is C14H9FN2O. The molecule has 18 heavy (non-hydrogen) atoms. The highest BCUT2D eigenvalue weighted by Gasteiger charge is 2.10. The van der Waals surface area contributed by atoms with Crippen molar-refractivity contribution in [3.8, 4) is 11.1 Å². The number of hydrogen-bond acceptors (Lipinski definition) is 2. The van der Waals surface area contributed by atoms with E-state index in [1.54, 1.807) is 36.4 Å². The summed E-state index contributed by atoms with van der Waals surface area (Å²) in [6, 6.07) is 11.6. The van der Waals surface area contributed by atoms with Crippen LogP contribution in [-0.2, 0) is 0 Å². The van der Waals surface area contributed by atoms with Crippen molar-refractivity contribution in [3.63, 3.8) is 0 Å². The summed E-state index contributed by atoms with van der Waals surface area (Å²) in [4.78, 5) is 18.5. The van der Waals surface area contributed by atoms with Crippen molar-refractivity contribution in [2.24, 2.45) is 0 Å². The van der Waals surface area contributed by atoms with Crippen LogP contribution >= 0.6 is 0 Å². The van der Waals surface area contributed by atoms with Crippen LogP contribution in [-0.4, -0.2) is 9.97 Å². The molecule has 0 aliphatic carbocycles. The predicted molar refractivity (Wildman–Crippen MR) is 67.8 cm³/mol. The van der Waals surface area contributed by atoms with Crippen molar-refractivity contribution in [1.82, 2.24) is 9.97 Å². The van der Waals surface area contributed by atoms with Crippen LogP contribution in [0.5, 0.6) is 0 Å². The van der Waals surface area contributed by atoms with Crippen LogP contribution < -0.4 is 5.56 Å². The number of aromatic amines is 1. The molecule has 0 atom stereocenters. The molecular weight excluding hydrogens is 231 g/mol. The molecule has 1 heterocycles. The summed E-state index contributed by atoms with van der Waals surface area (Å²) >= 11 is 0. The Bertz CT molecular complexity index is 775. The van der Waals surface area contributed by atoms with Crippen LogP contribution in [0.3, 0.4) is 0 Å². The lowest BCUT2D eigenvalue weighted by Gasteiger charge is -2.06.